The fraction of sp³-hybridized carbons (Fsp3) is 0.714. The summed E-state index contributed by atoms with van der Waals surface area (Å²) in [6.07, 6.45) is -16.6. The van der Waals surface area contributed by atoms with Crippen LogP contribution in [0.5, 0.6) is 5.88 Å². The van der Waals surface area contributed by atoms with Crippen LogP contribution in [0.1, 0.15) is 36.8 Å². The molecule has 16 heteroatoms. The highest BCUT2D eigenvalue weighted by molar-refractivity contribution is 8.00. The van der Waals surface area contributed by atoms with E-state index in [1.54, 1.807) is 0 Å². The quantitative estimate of drug-likeness (QED) is 0.611. The van der Waals surface area contributed by atoms with Crippen LogP contribution in [0.4, 0.5) is 39.5 Å². The molecule has 1 aromatic rings. The van der Waals surface area contributed by atoms with E-state index in [4.69, 9.17) is 4.84 Å². The Hall–Kier alpha value is -2.00. The second-order valence-corrected chi connectivity index (χ2v) is 8.36. The maximum atomic E-state index is 13.8. The summed E-state index contributed by atoms with van der Waals surface area (Å²) in [7, 11) is -2.61. The van der Waals surface area contributed by atoms with E-state index in [0.29, 0.717) is 7.05 Å². The minimum Gasteiger partial charge on any atom is -0.468 e. The Balaban J connectivity index is 2.66. The highest BCUT2D eigenvalue weighted by Gasteiger charge is 2.55. The first-order valence-electron chi connectivity index (χ1n) is 7.89. The van der Waals surface area contributed by atoms with Crippen molar-refractivity contribution in [3.8, 4) is 5.88 Å². The van der Waals surface area contributed by atoms with Gasteiger partial charge in [0.05, 0.1) is 16.4 Å². The van der Waals surface area contributed by atoms with E-state index >= 15 is 0 Å². The van der Waals surface area contributed by atoms with Gasteiger partial charge in [-0.25, -0.2) is 4.68 Å². The molecule has 172 valence electrons. The Bertz CT molecular complexity index is 856. The highest BCUT2D eigenvalue weighted by atomic mass is 32.2. The van der Waals surface area contributed by atoms with E-state index in [2.05, 4.69) is 15.0 Å². The van der Waals surface area contributed by atoms with Gasteiger partial charge in [0, 0.05) is 13.5 Å². The van der Waals surface area contributed by atoms with E-state index in [1.165, 1.54) is 13.8 Å². The summed E-state index contributed by atoms with van der Waals surface area (Å²) in [5, 5.41) is 1.98. The lowest BCUT2D eigenvalue weighted by atomic mass is 10.1. The number of alkyl halides is 9. The summed E-state index contributed by atoms with van der Waals surface area (Å²) in [4.78, 5) is 4.80. The number of halogens is 9. The molecule has 1 aliphatic rings. The molecule has 0 saturated carbocycles. The zero-order valence-corrected chi connectivity index (χ0v) is 16.2. The van der Waals surface area contributed by atoms with Gasteiger partial charge < -0.3 is 9.57 Å². The number of hydrogen-bond acceptors (Lipinski definition) is 5. The van der Waals surface area contributed by atoms with Gasteiger partial charge in [0.15, 0.2) is 17.6 Å². The molecule has 6 nitrogen and oxygen atoms in total. The molecular formula is C14H14F9N3O3S. The van der Waals surface area contributed by atoms with Crippen molar-refractivity contribution in [3.63, 3.8) is 0 Å². The van der Waals surface area contributed by atoms with E-state index < -0.39 is 75.4 Å². The molecule has 0 spiro atoms. The van der Waals surface area contributed by atoms with Crippen LogP contribution in [0, 0.1) is 0 Å². The Morgan fingerprint density at radius 1 is 1.17 bits per heavy atom. The SMILES string of the molecule is Cn1nc(C(F)(F)F)c(C(S(=O)C2=NOC(C)(C)C2)C(F)(F)F)c1OCC(F)(F)F. The van der Waals surface area contributed by atoms with Gasteiger partial charge >= 0.3 is 18.5 Å². The first kappa shape index (κ1) is 24.3. The molecule has 30 heavy (non-hydrogen) atoms. The van der Waals surface area contributed by atoms with Gasteiger partial charge in [-0.2, -0.15) is 44.6 Å². The third-order valence-corrected chi connectivity index (χ3v) is 5.26. The molecule has 1 aromatic heterocycles. The molecule has 0 radical (unpaired) electrons. The summed E-state index contributed by atoms with van der Waals surface area (Å²) in [5.41, 5.74) is -5.16. The summed E-state index contributed by atoms with van der Waals surface area (Å²) in [6.45, 7) is 0.573. The average molecular weight is 475 g/mol. The lowest BCUT2D eigenvalue weighted by Crippen LogP contribution is -2.32. The molecule has 0 saturated heterocycles. The third-order valence-electron chi connectivity index (χ3n) is 3.65. The van der Waals surface area contributed by atoms with Gasteiger partial charge in [0.25, 0.3) is 0 Å². The average Bonchev–Trinajstić information content (AvgIpc) is 3.03. The predicted octanol–water partition coefficient (Wildman–Crippen LogP) is 4.24. The summed E-state index contributed by atoms with van der Waals surface area (Å²) in [6, 6.07) is 0. The molecule has 0 aliphatic carbocycles. The number of aromatic nitrogens is 2. The second kappa shape index (κ2) is 7.60. The van der Waals surface area contributed by atoms with Crippen molar-refractivity contribution >= 4 is 15.8 Å². The number of rotatable bonds is 4. The fourth-order valence-corrected chi connectivity index (χ4v) is 4.07. The number of oxime groups is 1. The molecule has 2 unspecified atom stereocenters. The topological polar surface area (TPSA) is 65.7 Å². The Kier molecular flexibility index (Phi) is 6.15. The van der Waals surface area contributed by atoms with Gasteiger partial charge in [-0.15, -0.1) is 0 Å². The van der Waals surface area contributed by atoms with Gasteiger partial charge in [0.2, 0.25) is 5.88 Å². The zero-order chi connectivity index (χ0) is 23.3. The van der Waals surface area contributed by atoms with Crippen molar-refractivity contribution in [2.45, 2.75) is 49.6 Å². The molecule has 2 atom stereocenters. The van der Waals surface area contributed by atoms with E-state index in [1.807, 2.05) is 0 Å². The van der Waals surface area contributed by atoms with Crippen molar-refractivity contribution in [1.82, 2.24) is 9.78 Å². The van der Waals surface area contributed by atoms with Crippen LogP contribution in [0.15, 0.2) is 5.16 Å². The summed E-state index contributed by atoms with van der Waals surface area (Å²) >= 11 is 0. The van der Waals surface area contributed by atoms with E-state index in [0.717, 1.165) is 0 Å². The molecular weight excluding hydrogens is 461 g/mol. The van der Waals surface area contributed by atoms with Gasteiger partial charge in [-0.1, -0.05) is 5.16 Å². The molecule has 0 fully saturated rings. The molecule has 2 heterocycles. The van der Waals surface area contributed by atoms with Gasteiger partial charge in [-0.3, -0.25) is 4.21 Å². The third kappa shape index (κ3) is 5.37. The van der Waals surface area contributed by atoms with Crippen LogP contribution >= 0.6 is 0 Å². The molecule has 0 aromatic carbocycles. The van der Waals surface area contributed by atoms with Crippen LogP contribution < -0.4 is 4.74 Å². The Morgan fingerprint density at radius 3 is 2.13 bits per heavy atom. The van der Waals surface area contributed by atoms with Crippen LogP contribution in [-0.2, 0) is 28.9 Å². The second-order valence-electron chi connectivity index (χ2n) is 6.82. The van der Waals surface area contributed by atoms with Crippen molar-refractivity contribution in [2.24, 2.45) is 12.2 Å². The largest absolute Gasteiger partial charge is 0.468 e. The Labute approximate surface area is 165 Å². The number of ether oxygens (including phenoxy) is 1. The number of aryl methyl sites for hydroxylation is 1. The van der Waals surface area contributed by atoms with Crippen molar-refractivity contribution in [3.05, 3.63) is 11.3 Å². The van der Waals surface area contributed by atoms with Crippen molar-refractivity contribution in [1.29, 1.82) is 0 Å². The van der Waals surface area contributed by atoms with Crippen molar-refractivity contribution < 1.29 is 53.3 Å². The smallest absolute Gasteiger partial charge is 0.435 e. The maximum Gasteiger partial charge on any atom is 0.435 e. The fourth-order valence-electron chi connectivity index (χ4n) is 2.53. The predicted molar refractivity (Wildman–Crippen MR) is 83.9 cm³/mol. The zero-order valence-electron chi connectivity index (χ0n) is 15.4. The summed E-state index contributed by atoms with van der Waals surface area (Å²) < 4.78 is 136. The minimum absolute atomic E-state index is 0.0801. The lowest BCUT2D eigenvalue weighted by Gasteiger charge is -2.22. The molecule has 0 amide bonds. The monoisotopic (exact) mass is 475 g/mol. The maximum absolute atomic E-state index is 13.8. The van der Waals surface area contributed by atoms with E-state index in [-0.39, 0.29) is 4.68 Å². The van der Waals surface area contributed by atoms with Crippen LogP contribution in [0.25, 0.3) is 0 Å². The van der Waals surface area contributed by atoms with E-state index in [9.17, 15) is 43.7 Å². The normalized spacial score (nSPS) is 19.3. The van der Waals surface area contributed by atoms with Crippen molar-refractivity contribution in [2.75, 3.05) is 6.61 Å². The lowest BCUT2D eigenvalue weighted by molar-refractivity contribution is -0.155. The minimum atomic E-state index is -5.58. The van der Waals surface area contributed by atoms with Gasteiger partial charge in [-0.05, 0) is 13.8 Å². The molecule has 0 N–H and O–H groups in total. The Morgan fingerprint density at radius 2 is 1.73 bits per heavy atom. The number of hydrogen-bond donors (Lipinski definition) is 0. The van der Waals surface area contributed by atoms with Crippen LogP contribution in [0.3, 0.4) is 0 Å². The van der Waals surface area contributed by atoms with Crippen LogP contribution in [-0.4, -0.2) is 43.6 Å². The first-order chi connectivity index (χ1) is 13.3. The van der Waals surface area contributed by atoms with Gasteiger partial charge in [0.1, 0.15) is 10.6 Å². The number of nitrogens with zero attached hydrogens (tertiary/aromatic N) is 3. The van der Waals surface area contributed by atoms with Crippen LogP contribution in [0.2, 0.25) is 0 Å². The highest BCUT2D eigenvalue weighted by Crippen LogP contribution is 2.48. The molecule has 0 bridgehead atoms. The standard InChI is InChI=1S/C14H14F9N3O3S/c1-11(2)4-6(25-29-11)30(27)9(14(21,22)23)7-8(13(18,19)20)24-26(3)10(7)28-5-12(15,16)17/h9H,4-5H2,1-3H3. The summed E-state index contributed by atoms with van der Waals surface area (Å²) in [5.74, 6) is -1.46. The first-order valence-corrected chi connectivity index (χ1v) is 9.11. The molecule has 1 aliphatic heterocycles. The molecule has 2 rings (SSSR count).